The van der Waals surface area contributed by atoms with Crippen LogP contribution in [0.5, 0.6) is 0 Å². The zero-order valence-corrected chi connectivity index (χ0v) is 13.3. The fourth-order valence-electron chi connectivity index (χ4n) is 3.96. The molecule has 3 rings (SSSR count). The van der Waals surface area contributed by atoms with Crippen molar-refractivity contribution in [3.63, 3.8) is 0 Å². The molecule has 21 heavy (non-hydrogen) atoms. The largest absolute Gasteiger partial charge is 0.632 e. The lowest BCUT2D eigenvalue weighted by atomic mass is 10.1. The summed E-state index contributed by atoms with van der Waals surface area (Å²) in [5, 5.41) is 13.6. The third-order valence-electron chi connectivity index (χ3n) is 4.96. The number of ether oxygens (including phenoxy) is 2. The second kappa shape index (κ2) is 5.06. The van der Waals surface area contributed by atoms with Gasteiger partial charge in [0.1, 0.15) is 30.8 Å². The number of nitrogens with zero attached hydrogens (tertiary/aromatic N) is 1. The summed E-state index contributed by atoms with van der Waals surface area (Å²) in [5.41, 5.74) is 1.08. The van der Waals surface area contributed by atoms with E-state index < -0.39 is 5.79 Å². The predicted molar refractivity (Wildman–Crippen MR) is 81.1 cm³/mol. The van der Waals surface area contributed by atoms with Crippen LogP contribution in [0, 0.1) is 5.21 Å². The van der Waals surface area contributed by atoms with Gasteiger partial charge < -0.3 is 19.3 Å². The molecule has 1 aromatic rings. The summed E-state index contributed by atoms with van der Waals surface area (Å²) < 4.78 is 11.8. The normalized spacial score (nSPS) is 41.2. The highest BCUT2D eigenvalue weighted by molar-refractivity contribution is 5.14. The van der Waals surface area contributed by atoms with Crippen molar-refractivity contribution in [2.75, 3.05) is 0 Å². The van der Waals surface area contributed by atoms with Crippen LogP contribution >= 0.6 is 0 Å². The average molecular weight is 291 g/mol. The second-order valence-corrected chi connectivity index (χ2v) is 6.78. The first-order valence-corrected chi connectivity index (χ1v) is 7.85. The van der Waals surface area contributed by atoms with Gasteiger partial charge in [0.05, 0.1) is 0 Å². The first kappa shape index (κ1) is 15.0. The van der Waals surface area contributed by atoms with Crippen LogP contribution in [0.2, 0.25) is 0 Å². The van der Waals surface area contributed by atoms with Gasteiger partial charge >= 0.3 is 0 Å². The topological polar surface area (TPSA) is 41.5 Å². The molecule has 0 N–H and O–H groups in total. The first-order valence-electron chi connectivity index (χ1n) is 7.85. The molecule has 0 aliphatic carbocycles. The van der Waals surface area contributed by atoms with Crippen LogP contribution in [-0.2, 0) is 16.0 Å². The summed E-state index contributed by atoms with van der Waals surface area (Å²) in [5.74, 6) is -0.574. The monoisotopic (exact) mass is 291 g/mol. The van der Waals surface area contributed by atoms with E-state index in [4.69, 9.17) is 9.47 Å². The molecule has 0 aromatic heterocycles. The highest BCUT2D eigenvalue weighted by atomic mass is 16.8. The smallest absolute Gasteiger partial charge is 0.164 e. The van der Waals surface area contributed by atoms with Crippen molar-refractivity contribution in [3.05, 3.63) is 41.1 Å². The molecule has 1 aromatic carbocycles. The van der Waals surface area contributed by atoms with Crippen molar-refractivity contribution >= 4 is 0 Å². The van der Waals surface area contributed by atoms with Gasteiger partial charge in [0.2, 0.25) is 0 Å². The maximum Gasteiger partial charge on any atom is 0.164 e. The van der Waals surface area contributed by atoms with Gasteiger partial charge in [-0.1, -0.05) is 37.3 Å². The van der Waals surface area contributed by atoms with Crippen molar-refractivity contribution < 1.29 is 14.1 Å². The SMILES string of the molecule is CC[C@H]1[C@@H]2OC(C)(C)O[C@@H]2[C@@H](C)[N@+]1([O-])Cc1ccccc1. The van der Waals surface area contributed by atoms with Gasteiger partial charge in [-0.3, -0.25) is 0 Å². The number of hydrogen-bond donors (Lipinski definition) is 0. The molecule has 2 aliphatic rings. The summed E-state index contributed by atoms with van der Waals surface area (Å²) in [4.78, 5) is 0. The Bertz CT molecular complexity index is 504. The van der Waals surface area contributed by atoms with Crippen molar-refractivity contribution in [1.82, 2.24) is 0 Å². The summed E-state index contributed by atoms with van der Waals surface area (Å²) in [6.07, 6.45) is 0.605. The number of rotatable bonds is 3. The fraction of sp³-hybridized carbons (Fsp3) is 0.647. The zero-order chi connectivity index (χ0) is 15.3. The highest BCUT2D eigenvalue weighted by Gasteiger charge is 2.61. The molecule has 0 saturated carbocycles. The van der Waals surface area contributed by atoms with Crippen LogP contribution in [0.3, 0.4) is 0 Å². The van der Waals surface area contributed by atoms with E-state index in [1.807, 2.05) is 51.1 Å². The van der Waals surface area contributed by atoms with E-state index in [0.29, 0.717) is 6.54 Å². The molecule has 0 bridgehead atoms. The quantitative estimate of drug-likeness (QED) is 0.634. The number of hydroxylamine groups is 3. The molecular weight excluding hydrogens is 266 g/mol. The van der Waals surface area contributed by atoms with Crippen LogP contribution in [0.1, 0.15) is 39.7 Å². The summed E-state index contributed by atoms with van der Waals surface area (Å²) in [6, 6.07) is 9.83. The first-order chi connectivity index (χ1) is 9.87. The molecule has 4 heteroatoms. The van der Waals surface area contributed by atoms with E-state index in [0.717, 1.165) is 12.0 Å². The summed E-state index contributed by atoms with van der Waals surface area (Å²) >= 11 is 0. The average Bonchev–Trinajstić information content (AvgIpc) is 2.83. The Hall–Kier alpha value is -0.940. The summed E-state index contributed by atoms with van der Waals surface area (Å²) in [7, 11) is 0. The molecule has 0 radical (unpaired) electrons. The number of benzene rings is 1. The van der Waals surface area contributed by atoms with Crippen LogP contribution in [0.4, 0.5) is 0 Å². The molecule has 116 valence electrons. The summed E-state index contributed by atoms with van der Waals surface area (Å²) in [6.45, 7) is 8.43. The van der Waals surface area contributed by atoms with Crippen LogP contribution in [0.25, 0.3) is 0 Å². The lowest BCUT2D eigenvalue weighted by molar-refractivity contribution is -0.931. The van der Waals surface area contributed by atoms with Gasteiger partial charge in [0.25, 0.3) is 0 Å². The molecular formula is C17H25NO3. The van der Waals surface area contributed by atoms with E-state index in [1.165, 1.54) is 0 Å². The van der Waals surface area contributed by atoms with Gasteiger partial charge in [-0.05, 0) is 27.2 Å². The number of hydrogen-bond acceptors (Lipinski definition) is 3. The van der Waals surface area contributed by atoms with Crippen LogP contribution in [0.15, 0.2) is 30.3 Å². The Morgan fingerprint density at radius 1 is 1.14 bits per heavy atom. The fourth-order valence-corrected chi connectivity index (χ4v) is 3.96. The Labute approximate surface area is 126 Å². The third-order valence-corrected chi connectivity index (χ3v) is 4.96. The van der Waals surface area contributed by atoms with E-state index in [-0.39, 0.29) is 28.9 Å². The maximum atomic E-state index is 13.6. The van der Waals surface area contributed by atoms with Gasteiger partial charge in [0, 0.05) is 5.56 Å². The number of fused-ring (bicyclic) bond motifs is 1. The molecule has 4 nitrogen and oxygen atoms in total. The minimum atomic E-state index is -0.574. The molecule has 2 heterocycles. The van der Waals surface area contributed by atoms with E-state index in [2.05, 4.69) is 6.92 Å². The van der Waals surface area contributed by atoms with Crippen molar-refractivity contribution in [3.8, 4) is 0 Å². The Morgan fingerprint density at radius 2 is 1.76 bits per heavy atom. The van der Waals surface area contributed by atoms with E-state index in [9.17, 15) is 5.21 Å². The lowest BCUT2D eigenvalue weighted by Crippen LogP contribution is -2.53. The Kier molecular flexibility index (Phi) is 3.61. The van der Waals surface area contributed by atoms with Gasteiger partial charge in [0.15, 0.2) is 5.79 Å². The van der Waals surface area contributed by atoms with Crippen molar-refractivity contribution in [2.24, 2.45) is 0 Å². The molecule has 0 unspecified atom stereocenters. The minimum Gasteiger partial charge on any atom is -0.632 e. The molecule has 5 atom stereocenters. The predicted octanol–water partition coefficient (Wildman–Crippen LogP) is 3.20. The zero-order valence-electron chi connectivity index (χ0n) is 13.3. The molecule has 2 aliphatic heterocycles. The third kappa shape index (κ3) is 2.40. The lowest BCUT2D eigenvalue weighted by Gasteiger charge is -2.49. The van der Waals surface area contributed by atoms with Gasteiger partial charge in [-0.25, -0.2) is 0 Å². The minimum absolute atomic E-state index is 0.0630. The Morgan fingerprint density at radius 3 is 2.38 bits per heavy atom. The van der Waals surface area contributed by atoms with Crippen LogP contribution in [-0.4, -0.2) is 34.7 Å². The van der Waals surface area contributed by atoms with Crippen molar-refractivity contribution in [2.45, 2.75) is 70.7 Å². The standard InChI is InChI=1S/C17H25NO3/c1-5-14-16-15(20-17(3,4)21-16)12(2)18(14,19)11-13-9-7-6-8-10-13/h6-10,12,14-16H,5,11H2,1-4H3/t12-,14+,15-,16+,18-/m1/s1. The molecule has 2 fully saturated rings. The molecule has 0 spiro atoms. The number of likely N-dealkylation sites (tertiary alicyclic amines) is 1. The second-order valence-electron chi connectivity index (χ2n) is 6.78. The van der Waals surface area contributed by atoms with Gasteiger partial charge in [-0.15, -0.1) is 0 Å². The highest BCUT2D eigenvalue weighted by Crippen LogP contribution is 2.46. The van der Waals surface area contributed by atoms with Crippen LogP contribution < -0.4 is 0 Å². The van der Waals surface area contributed by atoms with E-state index in [1.54, 1.807) is 0 Å². The molecule has 2 saturated heterocycles. The van der Waals surface area contributed by atoms with Crippen molar-refractivity contribution in [1.29, 1.82) is 0 Å². The van der Waals surface area contributed by atoms with E-state index >= 15 is 0 Å². The number of quaternary nitrogens is 1. The maximum absolute atomic E-state index is 13.6. The Balaban J connectivity index is 1.89. The van der Waals surface area contributed by atoms with Gasteiger partial charge in [-0.2, -0.15) is 0 Å². The molecule has 0 amide bonds.